The van der Waals surface area contributed by atoms with Crippen LogP contribution in [0.25, 0.3) is 0 Å². The third-order valence-electron chi connectivity index (χ3n) is 3.10. The summed E-state index contributed by atoms with van der Waals surface area (Å²) in [5.74, 6) is 0.441. The van der Waals surface area contributed by atoms with Crippen molar-refractivity contribution in [1.29, 1.82) is 0 Å². The van der Waals surface area contributed by atoms with Crippen LogP contribution in [-0.2, 0) is 17.6 Å². The Labute approximate surface area is 124 Å². The summed E-state index contributed by atoms with van der Waals surface area (Å²) in [6.07, 6.45) is 1.54. The number of nitrogens with two attached hydrogens (primary N) is 1. The molecule has 110 valence electrons. The number of hydrogen-bond donors (Lipinski definition) is 2. The number of anilines is 1. The van der Waals surface area contributed by atoms with Gasteiger partial charge in [0.15, 0.2) is 5.82 Å². The van der Waals surface area contributed by atoms with Gasteiger partial charge in [-0.3, -0.25) is 4.79 Å². The maximum Gasteiger partial charge on any atom is 0.239 e. The highest BCUT2D eigenvalue weighted by molar-refractivity contribution is 7.80. The van der Waals surface area contributed by atoms with Crippen molar-refractivity contribution in [3.8, 4) is 0 Å². The smallest absolute Gasteiger partial charge is 0.239 e. The van der Waals surface area contributed by atoms with E-state index in [-0.39, 0.29) is 17.4 Å². The third-order valence-corrected chi connectivity index (χ3v) is 3.30. The molecule has 0 aromatic carbocycles. The van der Waals surface area contributed by atoms with Crippen molar-refractivity contribution in [1.82, 2.24) is 15.5 Å². The lowest BCUT2D eigenvalue weighted by Crippen LogP contribution is -2.35. The number of aromatic nitrogens is 2. The Morgan fingerprint density at radius 2 is 2.00 bits per heavy atom. The molecule has 0 aliphatic heterocycles. The van der Waals surface area contributed by atoms with Gasteiger partial charge in [-0.2, -0.15) is 5.10 Å². The summed E-state index contributed by atoms with van der Waals surface area (Å²) >= 11 is 5.15. The number of amides is 1. The lowest BCUT2D eigenvalue weighted by molar-refractivity contribution is -0.119. The number of nitrogens with zero attached hydrogens (tertiary/aromatic N) is 3. The van der Waals surface area contributed by atoms with Crippen LogP contribution in [0.15, 0.2) is 0 Å². The molecule has 0 fully saturated rings. The second kappa shape index (κ2) is 7.14. The van der Waals surface area contributed by atoms with E-state index in [0.29, 0.717) is 5.82 Å². The molecule has 6 nitrogen and oxygen atoms in total. The predicted molar refractivity (Wildman–Crippen MR) is 84.0 cm³/mol. The maximum atomic E-state index is 11.5. The number of likely N-dealkylation sites (N-methyl/N-ethyl adjacent to an activating group) is 2. The van der Waals surface area contributed by atoms with Gasteiger partial charge in [-0.15, -0.1) is 5.10 Å². The minimum atomic E-state index is -0.110. The molecule has 0 aliphatic carbocycles. The Morgan fingerprint density at radius 3 is 2.45 bits per heavy atom. The summed E-state index contributed by atoms with van der Waals surface area (Å²) < 4.78 is 0. The molecule has 0 bridgehead atoms. The molecule has 0 saturated carbocycles. The predicted octanol–water partition coefficient (Wildman–Crippen LogP) is 0.418. The van der Waals surface area contributed by atoms with Gasteiger partial charge in [-0.05, 0) is 18.4 Å². The first-order valence-electron chi connectivity index (χ1n) is 6.56. The van der Waals surface area contributed by atoms with Crippen LogP contribution in [-0.4, -0.2) is 41.7 Å². The highest BCUT2D eigenvalue weighted by atomic mass is 32.1. The van der Waals surface area contributed by atoms with Crippen LogP contribution in [0.4, 0.5) is 5.82 Å². The van der Waals surface area contributed by atoms with Crippen molar-refractivity contribution in [2.75, 3.05) is 25.5 Å². The number of rotatable bonds is 6. The number of carbonyl (C=O) groups is 1. The highest BCUT2D eigenvalue weighted by Crippen LogP contribution is 2.23. The molecular weight excluding hydrogens is 274 g/mol. The first-order valence-corrected chi connectivity index (χ1v) is 6.96. The topological polar surface area (TPSA) is 84.1 Å². The Balaban J connectivity index is 3.32. The zero-order valence-electron chi connectivity index (χ0n) is 12.4. The summed E-state index contributed by atoms with van der Waals surface area (Å²) in [5, 5.41) is 11.0. The minimum Gasteiger partial charge on any atom is -0.389 e. The van der Waals surface area contributed by atoms with Crippen molar-refractivity contribution in [2.45, 2.75) is 26.7 Å². The van der Waals surface area contributed by atoms with E-state index >= 15 is 0 Å². The van der Waals surface area contributed by atoms with Crippen LogP contribution in [0.2, 0.25) is 0 Å². The lowest BCUT2D eigenvalue weighted by Gasteiger charge is -2.22. The quantitative estimate of drug-likeness (QED) is 0.740. The molecule has 1 amide bonds. The van der Waals surface area contributed by atoms with Gasteiger partial charge in [-0.25, -0.2) is 0 Å². The van der Waals surface area contributed by atoms with E-state index in [1.54, 1.807) is 19.0 Å². The van der Waals surface area contributed by atoms with Gasteiger partial charge in [0.1, 0.15) is 4.99 Å². The van der Waals surface area contributed by atoms with Gasteiger partial charge < -0.3 is 16.0 Å². The molecule has 0 radical (unpaired) electrons. The number of nitrogens with one attached hydrogen (secondary N) is 1. The van der Waals surface area contributed by atoms with Crippen LogP contribution in [0.1, 0.15) is 30.7 Å². The number of hydrogen-bond acceptors (Lipinski definition) is 5. The number of thiocarbonyl (C=S) groups is 1. The fourth-order valence-electron chi connectivity index (χ4n) is 2.06. The first kappa shape index (κ1) is 16.3. The molecule has 1 rings (SSSR count). The third kappa shape index (κ3) is 3.41. The Kier molecular flexibility index (Phi) is 5.82. The van der Waals surface area contributed by atoms with Gasteiger partial charge >= 0.3 is 0 Å². The molecule has 0 aliphatic rings. The second-order valence-corrected chi connectivity index (χ2v) is 4.86. The van der Waals surface area contributed by atoms with Crippen LogP contribution in [0, 0.1) is 0 Å². The van der Waals surface area contributed by atoms with E-state index in [0.717, 1.165) is 29.7 Å². The summed E-state index contributed by atoms with van der Waals surface area (Å²) in [7, 11) is 3.36. The monoisotopic (exact) mass is 295 g/mol. The average Bonchev–Trinajstić information content (AvgIpc) is 2.44. The molecule has 1 heterocycles. The van der Waals surface area contributed by atoms with Crippen molar-refractivity contribution in [2.24, 2.45) is 5.73 Å². The number of aryl methyl sites for hydroxylation is 1. The van der Waals surface area contributed by atoms with Crippen molar-refractivity contribution < 1.29 is 4.79 Å². The summed E-state index contributed by atoms with van der Waals surface area (Å²) in [5.41, 5.74) is 8.48. The second-order valence-electron chi connectivity index (χ2n) is 4.42. The normalized spacial score (nSPS) is 10.2. The fraction of sp³-hybridized carbons (Fsp3) is 0.538. The summed E-state index contributed by atoms with van der Waals surface area (Å²) in [4.78, 5) is 13.5. The van der Waals surface area contributed by atoms with Crippen LogP contribution in [0.3, 0.4) is 0 Å². The summed E-state index contributed by atoms with van der Waals surface area (Å²) in [6.45, 7) is 4.22. The van der Waals surface area contributed by atoms with Crippen LogP contribution in [0.5, 0.6) is 0 Å². The Hall–Kier alpha value is -1.76. The Bertz CT molecular complexity index is 518. The zero-order chi connectivity index (χ0) is 15.3. The molecule has 1 aromatic rings. The van der Waals surface area contributed by atoms with Crippen molar-refractivity contribution in [3.63, 3.8) is 0 Å². The van der Waals surface area contributed by atoms with E-state index in [1.807, 2.05) is 13.8 Å². The van der Waals surface area contributed by atoms with E-state index < -0.39 is 0 Å². The van der Waals surface area contributed by atoms with Gasteiger partial charge in [0.05, 0.1) is 17.8 Å². The molecule has 0 atom stereocenters. The van der Waals surface area contributed by atoms with Gasteiger partial charge in [0.25, 0.3) is 0 Å². The van der Waals surface area contributed by atoms with Crippen molar-refractivity contribution in [3.05, 3.63) is 16.8 Å². The van der Waals surface area contributed by atoms with Crippen LogP contribution < -0.4 is 16.0 Å². The molecule has 0 unspecified atom stereocenters. The minimum absolute atomic E-state index is 0.110. The standard InChI is InChI=1S/C13H21N5OS/c1-5-8-9(6-2)16-17-13(11(8)12(14)20)18(4)7-10(19)15-3/h5-7H2,1-4H3,(H2,14,20)(H,15,19). The molecule has 3 N–H and O–H groups in total. The van der Waals surface area contributed by atoms with E-state index in [9.17, 15) is 4.79 Å². The highest BCUT2D eigenvalue weighted by Gasteiger charge is 2.20. The number of carbonyl (C=O) groups excluding carboxylic acids is 1. The van der Waals surface area contributed by atoms with E-state index in [2.05, 4.69) is 15.5 Å². The van der Waals surface area contributed by atoms with E-state index in [1.165, 1.54) is 0 Å². The maximum absolute atomic E-state index is 11.5. The molecule has 1 aromatic heterocycles. The van der Waals surface area contributed by atoms with Crippen LogP contribution >= 0.6 is 12.2 Å². The van der Waals surface area contributed by atoms with E-state index in [4.69, 9.17) is 18.0 Å². The molecule has 7 heteroatoms. The van der Waals surface area contributed by atoms with Gasteiger partial charge in [0, 0.05) is 14.1 Å². The van der Waals surface area contributed by atoms with Gasteiger partial charge in [0.2, 0.25) is 5.91 Å². The zero-order valence-corrected chi connectivity index (χ0v) is 13.2. The molecular formula is C13H21N5OS. The fourth-order valence-corrected chi connectivity index (χ4v) is 2.27. The molecule has 0 saturated heterocycles. The average molecular weight is 295 g/mol. The van der Waals surface area contributed by atoms with Crippen molar-refractivity contribution >= 4 is 28.9 Å². The largest absolute Gasteiger partial charge is 0.389 e. The Morgan fingerprint density at radius 1 is 1.35 bits per heavy atom. The SMILES string of the molecule is CCc1nnc(N(C)CC(=O)NC)c(C(N)=S)c1CC. The van der Waals surface area contributed by atoms with Gasteiger partial charge in [-0.1, -0.05) is 26.1 Å². The molecule has 20 heavy (non-hydrogen) atoms. The molecule has 0 spiro atoms. The lowest BCUT2D eigenvalue weighted by atomic mass is 10.0. The first-order chi connectivity index (χ1) is 9.46. The summed E-state index contributed by atoms with van der Waals surface area (Å²) in [6, 6.07) is 0.